The zero-order chi connectivity index (χ0) is 11.7. The number of carbonyl (C=O) groups is 1. The number of halogens is 1. The first-order valence-corrected chi connectivity index (χ1v) is 5.36. The summed E-state index contributed by atoms with van der Waals surface area (Å²) >= 11 is 0. The molecule has 0 fully saturated rings. The molecule has 2 aromatic rings. The van der Waals surface area contributed by atoms with E-state index in [1.165, 1.54) is 12.1 Å². The molecule has 1 N–H and O–H groups in total. The van der Waals surface area contributed by atoms with E-state index in [1.807, 2.05) is 13.8 Å². The Kier molecular flexibility index (Phi) is 2.77. The van der Waals surface area contributed by atoms with Crippen LogP contribution in [-0.2, 0) is 11.2 Å². The molecule has 16 heavy (non-hydrogen) atoms. The highest BCUT2D eigenvalue weighted by Crippen LogP contribution is 2.20. The van der Waals surface area contributed by atoms with E-state index >= 15 is 0 Å². The van der Waals surface area contributed by atoms with Crippen molar-refractivity contribution in [3.63, 3.8) is 0 Å². The van der Waals surface area contributed by atoms with Crippen molar-refractivity contribution in [2.75, 3.05) is 0 Å². The monoisotopic (exact) mass is 219 g/mol. The molecule has 84 valence electrons. The van der Waals surface area contributed by atoms with Crippen LogP contribution in [0.2, 0.25) is 0 Å². The van der Waals surface area contributed by atoms with Crippen LogP contribution in [0.5, 0.6) is 0 Å². The smallest absolute Gasteiger partial charge is 0.139 e. The Labute approximate surface area is 93.5 Å². The molecule has 0 aliphatic heterocycles. The SMILES string of the molecule is CC(C)C(=O)Cc1c[nH]c2ccc(F)cc12. The van der Waals surface area contributed by atoms with Gasteiger partial charge in [0, 0.05) is 29.4 Å². The van der Waals surface area contributed by atoms with Crippen LogP contribution < -0.4 is 0 Å². The number of hydrogen-bond acceptors (Lipinski definition) is 1. The number of hydrogen-bond donors (Lipinski definition) is 1. The molecule has 0 unspecified atom stereocenters. The van der Waals surface area contributed by atoms with Crippen LogP contribution in [0.3, 0.4) is 0 Å². The Morgan fingerprint density at radius 1 is 1.44 bits per heavy atom. The number of H-pyrrole nitrogens is 1. The summed E-state index contributed by atoms with van der Waals surface area (Å²) in [6.45, 7) is 3.75. The number of ketones is 1. The second-order valence-corrected chi connectivity index (χ2v) is 4.30. The molecule has 0 radical (unpaired) electrons. The van der Waals surface area contributed by atoms with Gasteiger partial charge in [-0.15, -0.1) is 0 Å². The number of benzene rings is 1. The summed E-state index contributed by atoms with van der Waals surface area (Å²) in [5.41, 5.74) is 1.74. The van der Waals surface area contributed by atoms with Gasteiger partial charge in [0.1, 0.15) is 11.6 Å². The van der Waals surface area contributed by atoms with Gasteiger partial charge in [-0.3, -0.25) is 4.79 Å². The predicted molar refractivity (Wildman–Crippen MR) is 61.8 cm³/mol. The van der Waals surface area contributed by atoms with E-state index in [0.717, 1.165) is 16.5 Å². The summed E-state index contributed by atoms with van der Waals surface area (Å²) < 4.78 is 13.1. The first-order valence-electron chi connectivity index (χ1n) is 5.36. The van der Waals surface area contributed by atoms with E-state index in [4.69, 9.17) is 0 Å². The van der Waals surface area contributed by atoms with Gasteiger partial charge in [-0.25, -0.2) is 4.39 Å². The topological polar surface area (TPSA) is 32.9 Å². The van der Waals surface area contributed by atoms with Crippen LogP contribution in [0.1, 0.15) is 19.4 Å². The van der Waals surface area contributed by atoms with Crippen LogP contribution in [0.25, 0.3) is 10.9 Å². The second kappa shape index (κ2) is 4.08. The minimum Gasteiger partial charge on any atom is -0.361 e. The minimum absolute atomic E-state index is 0.0125. The van der Waals surface area contributed by atoms with E-state index in [1.54, 1.807) is 12.3 Å². The van der Waals surface area contributed by atoms with Gasteiger partial charge in [-0.05, 0) is 23.8 Å². The fourth-order valence-electron chi connectivity index (χ4n) is 1.69. The number of carbonyl (C=O) groups excluding carboxylic acids is 1. The molecule has 0 aliphatic carbocycles. The molecule has 3 heteroatoms. The molecule has 0 atom stereocenters. The third kappa shape index (κ3) is 1.98. The summed E-state index contributed by atoms with van der Waals surface area (Å²) in [6, 6.07) is 4.57. The van der Waals surface area contributed by atoms with Crippen molar-refractivity contribution in [1.29, 1.82) is 0 Å². The number of rotatable bonds is 3. The lowest BCUT2D eigenvalue weighted by molar-refractivity contribution is -0.121. The fraction of sp³-hybridized carbons (Fsp3) is 0.308. The van der Waals surface area contributed by atoms with E-state index in [-0.39, 0.29) is 17.5 Å². The number of Topliss-reactive ketones (excluding diaryl/α,β-unsaturated/α-hetero) is 1. The van der Waals surface area contributed by atoms with Crippen LogP contribution >= 0.6 is 0 Å². The third-order valence-electron chi connectivity index (χ3n) is 2.74. The van der Waals surface area contributed by atoms with Crippen molar-refractivity contribution in [2.45, 2.75) is 20.3 Å². The van der Waals surface area contributed by atoms with Crippen LogP contribution in [0.4, 0.5) is 4.39 Å². The molecule has 2 rings (SSSR count). The largest absolute Gasteiger partial charge is 0.361 e. The van der Waals surface area contributed by atoms with Gasteiger partial charge < -0.3 is 4.98 Å². The van der Waals surface area contributed by atoms with Crippen LogP contribution in [0, 0.1) is 11.7 Å². The zero-order valence-corrected chi connectivity index (χ0v) is 9.38. The Bertz CT molecular complexity index is 528. The standard InChI is InChI=1S/C13H14FNO/c1-8(2)13(16)5-9-7-15-12-4-3-10(14)6-11(9)12/h3-4,6-8,15H,5H2,1-2H3. The van der Waals surface area contributed by atoms with Gasteiger partial charge in [-0.1, -0.05) is 13.8 Å². The first-order chi connectivity index (χ1) is 7.58. The molecule has 0 saturated carbocycles. The third-order valence-corrected chi connectivity index (χ3v) is 2.74. The molecule has 1 aromatic heterocycles. The normalized spacial score (nSPS) is 11.2. The maximum atomic E-state index is 13.1. The quantitative estimate of drug-likeness (QED) is 0.845. The predicted octanol–water partition coefficient (Wildman–Crippen LogP) is 3.07. The highest BCUT2D eigenvalue weighted by atomic mass is 19.1. The summed E-state index contributed by atoms with van der Waals surface area (Å²) in [4.78, 5) is 14.7. The van der Waals surface area contributed by atoms with Gasteiger partial charge in [0.05, 0.1) is 0 Å². The number of fused-ring (bicyclic) bond motifs is 1. The highest BCUT2D eigenvalue weighted by molar-refractivity contribution is 5.90. The second-order valence-electron chi connectivity index (χ2n) is 4.30. The van der Waals surface area contributed by atoms with Crippen LogP contribution in [-0.4, -0.2) is 10.8 Å². The summed E-state index contributed by atoms with van der Waals surface area (Å²) in [6.07, 6.45) is 2.14. The molecule has 0 spiro atoms. The van der Waals surface area contributed by atoms with E-state index in [9.17, 15) is 9.18 Å². The van der Waals surface area contributed by atoms with Crippen molar-refractivity contribution in [3.8, 4) is 0 Å². The van der Waals surface area contributed by atoms with Crippen LogP contribution in [0.15, 0.2) is 24.4 Å². The first kappa shape index (κ1) is 10.9. The van der Waals surface area contributed by atoms with Crippen molar-refractivity contribution in [1.82, 2.24) is 4.98 Å². The van der Waals surface area contributed by atoms with Crippen molar-refractivity contribution >= 4 is 16.7 Å². The Hall–Kier alpha value is -1.64. The van der Waals surface area contributed by atoms with Gasteiger partial charge >= 0.3 is 0 Å². The molecule has 1 heterocycles. The molecule has 0 aliphatic rings. The molecular weight excluding hydrogens is 205 g/mol. The van der Waals surface area contributed by atoms with E-state index in [0.29, 0.717) is 6.42 Å². The lowest BCUT2D eigenvalue weighted by atomic mass is 10.0. The van der Waals surface area contributed by atoms with Crippen molar-refractivity contribution in [3.05, 3.63) is 35.8 Å². The summed E-state index contributed by atoms with van der Waals surface area (Å²) in [5, 5.41) is 0.800. The van der Waals surface area contributed by atoms with E-state index in [2.05, 4.69) is 4.98 Å². The number of nitrogens with one attached hydrogen (secondary N) is 1. The van der Waals surface area contributed by atoms with Gasteiger partial charge in [-0.2, -0.15) is 0 Å². The lowest BCUT2D eigenvalue weighted by Crippen LogP contribution is -2.09. The molecular formula is C13H14FNO. The molecule has 0 saturated heterocycles. The molecule has 1 aromatic carbocycles. The maximum Gasteiger partial charge on any atom is 0.139 e. The van der Waals surface area contributed by atoms with Gasteiger partial charge in [0.2, 0.25) is 0 Å². The minimum atomic E-state index is -0.273. The Morgan fingerprint density at radius 3 is 2.88 bits per heavy atom. The van der Waals surface area contributed by atoms with Gasteiger partial charge in [0.25, 0.3) is 0 Å². The Balaban J connectivity index is 2.38. The maximum absolute atomic E-state index is 13.1. The summed E-state index contributed by atoms with van der Waals surface area (Å²) in [7, 11) is 0. The fourth-order valence-corrected chi connectivity index (χ4v) is 1.69. The van der Waals surface area contributed by atoms with Crippen molar-refractivity contribution in [2.24, 2.45) is 5.92 Å². The molecule has 2 nitrogen and oxygen atoms in total. The molecule has 0 bridgehead atoms. The lowest BCUT2D eigenvalue weighted by Gasteiger charge is -2.02. The summed E-state index contributed by atoms with van der Waals surface area (Å²) in [5.74, 6) is -0.0889. The number of aromatic nitrogens is 1. The van der Waals surface area contributed by atoms with Gasteiger partial charge in [0.15, 0.2) is 0 Å². The Morgan fingerprint density at radius 2 is 2.19 bits per heavy atom. The van der Waals surface area contributed by atoms with E-state index < -0.39 is 0 Å². The van der Waals surface area contributed by atoms with Crippen molar-refractivity contribution < 1.29 is 9.18 Å². The average molecular weight is 219 g/mol. The average Bonchev–Trinajstić information content (AvgIpc) is 2.61. The highest BCUT2D eigenvalue weighted by Gasteiger charge is 2.12. The zero-order valence-electron chi connectivity index (χ0n) is 9.38. The molecule has 0 amide bonds. The number of aromatic amines is 1.